The van der Waals surface area contributed by atoms with E-state index in [0.29, 0.717) is 17.9 Å². The van der Waals surface area contributed by atoms with Gasteiger partial charge in [-0.15, -0.1) is 21.5 Å². The van der Waals surface area contributed by atoms with Gasteiger partial charge in [0.15, 0.2) is 11.0 Å². The summed E-state index contributed by atoms with van der Waals surface area (Å²) < 4.78 is 7.27. The van der Waals surface area contributed by atoms with Gasteiger partial charge in [-0.05, 0) is 61.3 Å². The summed E-state index contributed by atoms with van der Waals surface area (Å²) in [6, 6.07) is 5.96. The van der Waals surface area contributed by atoms with Crippen molar-refractivity contribution in [3.8, 4) is 10.7 Å². The Morgan fingerprint density at radius 1 is 1.42 bits per heavy atom. The summed E-state index contributed by atoms with van der Waals surface area (Å²) >= 11 is 3.26. The number of aryl methyl sites for hydroxylation is 1. The Bertz CT molecular complexity index is 1050. The van der Waals surface area contributed by atoms with Crippen LogP contribution in [-0.2, 0) is 31.2 Å². The standard InChI is InChI=1S/C23H30N4O2S2/c1-14(21(28)24-13-17-7-6-10-29-17)30-22-26-25-20(27(22)5)19-12-15-11-16(23(2,3)4)8-9-18(15)31-19/h6-7,10,12,14,16H,8-9,11,13H2,1-5H3,(H,24,28). The van der Waals surface area contributed by atoms with Gasteiger partial charge in [0.05, 0.1) is 22.9 Å². The second-order valence-electron chi connectivity index (χ2n) is 9.29. The number of rotatable bonds is 6. The first kappa shape index (κ1) is 22.1. The Labute approximate surface area is 191 Å². The van der Waals surface area contributed by atoms with E-state index in [-0.39, 0.29) is 11.2 Å². The minimum atomic E-state index is -0.283. The van der Waals surface area contributed by atoms with E-state index in [9.17, 15) is 4.79 Å². The largest absolute Gasteiger partial charge is 0.467 e. The maximum Gasteiger partial charge on any atom is 0.233 e. The molecule has 1 aliphatic rings. The van der Waals surface area contributed by atoms with Crippen molar-refractivity contribution in [2.75, 3.05) is 0 Å². The van der Waals surface area contributed by atoms with Crippen LogP contribution in [0.1, 0.15) is 50.3 Å². The highest BCUT2D eigenvalue weighted by molar-refractivity contribution is 8.00. The highest BCUT2D eigenvalue weighted by Crippen LogP contribution is 2.42. The van der Waals surface area contributed by atoms with Crippen LogP contribution in [0.15, 0.2) is 34.0 Å². The van der Waals surface area contributed by atoms with Crippen molar-refractivity contribution in [3.63, 3.8) is 0 Å². The SMILES string of the molecule is CC(Sc1nnc(-c2cc3c(s2)CCC(C(C)(C)C)C3)n1C)C(=O)NCc1ccco1. The van der Waals surface area contributed by atoms with Crippen molar-refractivity contribution >= 4 is 29.0 Å². The molecule has 0 aromatic carbocycles. The van der Waals surface area contributed by atoms with Crippen LogP contribution in [-0.4, -0.2) is 25.9 Å². The van der Waals surface area contributed by atoms with E-state index >= 15 is 0 Å². The smallest absolute Gasteiger partial charge is 0.233 e. The minimum Gasteiger partial charge on any atom is -0.467 e. The first-order valence-electron chi connectivity index (χ1n) is 10.7. The molecular formula is C23H30N4O2S2. The first-order valence-corrected chi connectivity index (χ1v) is 12.4. The minimum absolute atomic E-state index is 0.0502. The number of nitrogens with one attached hydrogen (secondary N) is 1. The van der Waals surface area contributed by atoms with Crippen molar-refractivity contribution in [1.29, 1.82) is 0 Å². The molecule has 0 fully saturated rings. The van der Waals surface area contributed by atoms with Crippen LogP contribution in [0, 0.1) is 11.3 Å². The lowest BCUT2D eigenvalue weighted by Crippen LogP contribution is -2.30. The molecule has 1 N–H and O–H groups in total. The fourth-order valence-electron chi connectivity index (χ4n) is 3.95. The Balaban J connectivity index is 1.43. The lowest BCUT2D eigenvalue weighted by atomic mass is 9.72. The molecule has 3 heterocycles. The molecule has 0 saturated heterocycles. The predicted molar refractivity (Wildman–Crippen MR) is 125 cm³/mol. The Morgan fingerprint density at radius 2 is 2.23 bits per heavy atom. The normalized spacial score (nSPS) is 17.4. The van der Waals surface area contributed by atoms with Crippen molar-refractivity contribution in [2.24, 2.45) is 18.4 Å². The number of thioether (sulfide) groups is 1. The Hall–Kier alpha value is -2.06. The number of hydrogen-bond acceptors (Lipinski definition) is 6. The van der Waals surface area contributed by atoms with Crippen LogP contribution < -0.4 is 5.32 Å². The molecule has 0 saturated carbocycles. The molecular weight excluding hydrogens is 428 g/mol. The lowest BCUT2D eigenvalue weighted by Gasteiger charge is -2.33. The van der Waals surface area contributed by atoms with Gasteiger partial charge in [-0.3, -0.25) is 4.79 Å². The number of carbonyl (C=O) groups excluding carboxylic acids is 1. The van der Waals surface area contributed by atoms with Crippen LogP contribution in [0.5, 0.6) is 0 Å². The van der Waals surface area contributed by atoms with Crippen LogP contribution in [0.3, 0.4) is 0 Å². The molecule has 1 aliphatic carbocycles. The van der Waals surface area contributed by atoms with Gasteiger partial charge in [0.2, 0.25) is 5.91 Å². The van der Waals surface area contributed by atoms with Gasteiger partial charge in [-0.1, -0.05) is 32.5 Å². The summed E-state index contributed by atoms with van der Waals surface area (Å²) in [5, 5.41) is 12.2. The summed E-state index contributed by atoms with van der Waals surface area (Å²) in [6.45, 7) is 9.29. The third-order valence-corrected chi connectivity index (χ3v) is 8.40. The second kappa shape index (κ2) is 8.82. The van der Waals surface area contributed by atoms with Crippen LogP contribution in [0.25, 0.3) is 10.7 Å². The summed E-state index contributed by atoms with van der Waals surface area (Å²) in [5.74, 6) is 2.28. The van der Waals surface area contributed by atoms with E-state index in [2.05, 4.69) is 42.4 Å². The third kappa shape index (κ3) is 4.90. The zero-order valence-electron chi connectivity index (χ0n) is 18.8. The van der Waals surface area contributed by atoms with E-state index in [1.165, 1.54) is 28.6 Å². The van der Waals surface area contributed by atoms with E-state index in [0.717, 1.165) is 34.5 Å². The molecule has 0 radical (unpaired) electrons. The third-order valence-electron chi connectivity index (χ3n) is 6.03. The maximum atomic E-state index is 12.4. The first-order chi connectivity index (χ1) is 14.7. The zero-order valence-corrected chi connectivity index (χ0v) is 20.4. The Morgan fingerprint density at radius 3 is 2.94 bits per heavy atom. The van der Waals surface area contributed by atoms with Crippen molar-refractivity contribution < 1.29 is 9.21 Å². The zero-order chi connectivity index (χ0) is 22.2. The molecule has 2 atom stereocenters. The Kier molecular flexibility index (Phi) is 6.30. The maximum absolute atomic E-state index is 12.4. The highest BCUT2D eigenvalue weighted by atomic mass is 32.2. The van der Waals surface area contributed by atoms with Crippen molar-refractivity contribution in [1.82, 2.24) is 20.1 Å². The predicted octanol–water partition coefficient (Wildman–Crippen LogP) is 5.08. The number of hydrogen-bond donors (Lipinski definition) is 1. The molecule has 31 heavy (non-hydrogen) atoms. The van der Waals surface area contributed by atoms with Gasteiger partial charge in [0, 0.05) is 11.9 Å². The summed E-state index contributed by atoms with van der Waals surface area (Å²) in [6.07, 6.45) is 5.14. The fraction of sp³-hybridized carbons (Fsp3) is 0.522. The van der Waals surface area contributed by atoms with Crippen molar-refractivity contribution in [2.45, 2.75) is 63.9 Å². The molecule has 4 rings (SSSR count). The van der Waals surface area contributed by atoms with Gasteiger partial charge < -0.3 is 14.3 Å². The number of carbonyl (C=O) groups is 1. The second-order valence-corrected chi connectivity index (χ2v) is 11.7. The van der Waals surface area contributed by atoms with Crippen LogP contribution in [0.2, 0.25) is 0 Å². The van der Waals surface area contributed by atoms with Crippen LogP contribution in [0.4, 0.5) is 0 Å². The van der Waals surface area contributed by atoms with Crippen LogP contribution >= 0.6 is 23.1 Å². The van der Waals surface area contributed by atoms with E-state index in [1.807, 2.05) is 42.0 Å². The lowest BCUT2D eigenvalue weighted by molar-refractivity contribution is -0.120. The topological polar surface area (TPSA) is 73.0 Å². The average molecular weight is 459 g/mol. The van der Waals surface area contributed by atoms with Gasteiger partial charge >= 0.3 is 0 Å². The number of thiophene rings is 1. The summed E-state index contributed by atoms with van der Waals surface area (Å²) in [4.78, 5) is 15.1. The number of fused-ring (bicyclic) bond motifs is 1. The quantitative estimate of drug-likeness (QED) is 0.521. The van der Waals surface area contributed by atoms with E-state index in [4.69, 9.17) is 4.42 Å². The van der Waals surface area contributed by atoms with Gasteiger partial charge in [-0.2, -0.15) is 0 Å². The van der Waals surface area contributed by atoms with Gasteiger partial charge in [-0.25, -0.2) is 0 Å². The number of amides is 1. The highest BCUT2D eigenvalue weighted by Gasteiger charge is 2.30. The molecule has 6 nitrogen and oxygen atoms in total. The van der Waals surface area contributed by atoms with E-state index in [1.54, 1.807) is 6.26 Å². The van der Waals surface area contributed by atoms with E-state index < -0.39 is 0 Å². The molecule has 0 bridgehead atoms. The van der Waals surface area contributed by atoms with Gasteiger partial charge in [0.25, 0.3) is 0 Å². The summed E-state index contributed by atoms with van der Waals surface area (Å²) in [7, 11) is 1.97. The van der Waals surface area contributed by atoms with Gasteiger partial charge in [0.1, 0.15) is 5.76 Å². The number of aromatic nitrogens is 3. The molecule has 3 aromatic heterocycles. The molecule has 3 aromatic rings. The number of nitrogens with zero attached hydrogens (tertiary/aromatic N) is 3. The average Bonchev–Trinajstić information content (AvgIpc) is 3.45. The number of furan rings is 1. The molecule has 2 unspecified atom stereocenters. The fourth-order valence-corrected chi connectivity index (χ4v) is 6.02. The molecule has 0 aliphatic heterocycles. The molecule has 1 amide bonds. The summed E-state index contributed by atoms with van der Waals surface area (Å²) in [5.41, 5.74) is 1.80. The molecule has 8 heteroatoms. The molecule has 0 spiro atoms. The molecule has 166 valence electrons. The van der Waals surface area contributed by atoms with Crippen molar-refractivity contribution in [3.05, 3.63) is 40.7 Å². The monoisotopic (exact) mass is 458 g/mol.